The fraction of sp³-hybridized carbons (Fsp3) is 0.381. The monoisotopic (exact) mass is 396 g/mol. The maximum Gasteiger partial charge on any atom is 0.268 e. The Bertz CT molecular complexity index is 1070. The highest BCUT2D eigenvalue weighted by molar-refractivity contribution is 5.91. The Hall–Kier alpha value is -3.34. The molecule has 1 saturated carbocycles. The minimum atomic E-state index is -0.962. The molecular weight excluding hydrogens is 375 g/mol. The highest BCUT2D eigenvalue weighted by Gasteiger charge is 2.31. The number of carbonyl (C=O) groups excluding carboxylic acids is 2. The van der Waals surface area contributed by atoms with Gasteiger partial charge in [-0.1, -0.05) is 11.8 Å². The fourth-order valence-corrected chi connectivity index (χ4v) is 2.99. The van der Waals surface area contributed by atoms with Crippen molar-refractivity contribution >= 4 is 11.8 Å². The number of nitrogens with two attached hydrogens (primary N) is 1. The second-order valence-corrected chi connectivity index (χ2v) is 7.81. The van der Waals surface area contributed by atoms with E-state index in [1.165, 1.54) is 12.1 Å². The Morgan fingerprint density at radius 2 is 2.14 bits per heavy atom. The molecule has 0 saturated heterocycles. The molecule has 1 aromatic heterocycles. The number of imidazole rings is 1. The number of amides is 2. The van der Waals surface area contributed by atoms with Gasteiger partial charge in [-0.3, -0.25) is 9.59 Å². The number of carbonyl (C=O) groups is 2. The Labute approximate surface area is 167 Å². The summed E-state index contributed by atoms with van der Waals surface area (Å²) in [6, 6.07) is 3.01. The molecule has 7 nitrogen and oxygen atoms in total. The summed E-state index contributed by atoms with van der Waals surface area (Å²) >= 11 is 0. The first-order chi connectivity index (χ1) is 13.7. The maximum atomic E-state index is 14.6. The van der Waals surface area contributed by atoms with Crippen LogP contribution in [0.5, 0.6) is 5.75 Å². The van der Waals surface area contributed by atoms with E-state index in [1.807, 2.05) is 0 Å². The Morgan fingerprint density at radius 3 is 2.83 bits per heavy atom. The van der Waals surface area contributed by atoms with Gasteiger partial charge in [-0.25, -0.2) is 9.37 Å². The molecule has 0 unspecified atom stereocenters. The van der Waals surface area contributed by atoms with Gasteiger partial charge < -0.3 is 20.4 Å². The quantitative estimate of drug-likeness (QED) is 0.774. The molecule has 2 heterocycles. The molecule has 3 N–H and O–H groups in total. The summed E-state index contributed by atoms with van der Waals surface area (Å²) in [5.74, 6) is 5.08. The number of nitrogens with one attached hydrogen (secondary N) is 1. The molecule has 0 spiro atoms. The molecule has 1 aromatic carbocycles. The van der Waals surface area contributed by atoms with E-state index in [2.05, 4.69) is 22.1 Å². The van der Waals surface area contributed by atoms with Crippen LogP contribution in [0.3, 0.4) is 0 Å². The first kappa shape index (κ1) is 19.0. The SMILES string of the molecule is CC(C)(C#Cc1cc2c(cc1F)OCCn1cc(C(N)=O)nc1-2)C(=O)NC1CC1. The van der Waals surface area contributed by atoms with E-state index < -0.39 is 17.1 Å². The Kier molecular flexibility index (Phi) is 4.53. The molecule has 4 rings (SSSR count). The number of benzene rings is 1. The molecule has 150 valence electrons. The highest BCUT2D eigenvalue weighted by Crippen LogP contribution is 2.34. The van der Waals surface area contributed by atoms with Gasteiger partial charge >= 0.3 is 0 Å². The van der Waals surface area contributed by atoms with Crippen molar-refractivity contribution in [1.29, 1.82) is 0 Å². The lowest BCUT2D eigenvalue weighted by molar-refractivity contribution is -0.126. The number of fused-ring (bicyclic) bond motifs is 3. The van der Waals surface area contributed by atoms with E-state index in [0.717, 1.165) is 12.8 Å². The van der Waals surface area contributed by atoms with Crippen molar-refractivity contribution in [1.82, 2.24) is 14.9 Å². The molecule has 2 aromatic rings. The van der Waals surface area contributed by atoms with Gasteiger partial charge in [0.25, 0.3) is 5.91 Å². The molecular formula is C21H21FN4O3. The third kappa shape index (κ3) is 3.81. The number of hydrogen-bond donors (Lipinski definition) is 2. The number of primary amides is 1. The first-order valence-electron chi connectivity index (χ1n) is 9.42. The summed E-state index contributed by atoms with van der Waals surface area (Å²) in [7, 11) is 0. The van der Waals surface area contributed by atoms with Crippen LogP contribution < -0.4 is 15.8 Å². The van der Waals surface area contributed by atoms with Crippen molar-refractivity contribution < 1.29 is 18.7 Å². The minimum Gasteiger partial charge on any atom is -0.491 e. The van der Waals surface area contributed by atoms with Crippen molar-refractivity contribution in [2.75, 3.05) is 6.61 Å². The van der Waals surface area contributed by atoms with Gasteiger partial charge in [-0.15, -0.1) is 0 Å². The number of halogens is 1. The number of ether oxygens (including phenoxy) is 1. The second kappa shape index (κ2) is 6.92. The number of rotatable bonds is 3. The van der Waals surface area contributed by atoms with Gasteiger partial charge in [0.2, 0.25) is 5.91 Å². The van der Waals surface area contributed by atoms with Crippen molar-refractivity contribution in [3.8, 4) is 29.0 Å². The van der Waals surface area contributed by atoms with E-state index in [-0.39, 0.29) is 23.2 Å². The average Bonchev–Trinajstić information content (AvgIpc) is 3.40. The molecule has 0 bridgehead atoms. The predicted molar refractivity (Wildman–Crippen MR) is 103 cm³/mol. The lowest BCUT2D eigenvalue weighted by Crippen LogP contribution is -2.37. The van der Waals surface area contributed by atoms with Gasteiger partial charge in [-0.2, -0.15) is 0 Å². The predicted octanol–water partition coefficient (Wildman–Crippen LogP) is 1.84. The van der Waals surface area contributed by atoms with E-state index in [1.54, 1.807) is 24.6 Å². The zero-order chi connectivity index (χ0) is 20.8. The van der Waals surface area contributed by atoms with Crippen LogP contribution in [-0.4, -0.2) is 34.0 Å². The smallest absolute Gasteiger partial charge is 0.268 e. The normalized spacial score (nSPS) is 15.1. The van der Waals surface area contributed by atoms with Crippen LogP contribution in [0.1, 0.15) is 42.7 Å². The molecule has 0 radical (unpaired) electrons. The third-order valence-electron chi connectivity index (χ3n) is 4.92. The summed E-state index contributed by atoms with van der Waals surface area (Å²) in [6.45, 7) is 4.15. The largest absolute Gasteiger partial charge is 0.491 e. The van der Waals surface area contributed by atoms with Crippen LogP contribution in [0, 0.1) is 23.1 Å². The zero-order valence-corrected chi connectivity index (χ0v) is 16.2. The fourth-order valence-electron chi connectivity index (χ4n) is 2.99. The first-order valence-corrected chi connectivity index (χ1v) is 9.42. The van der Waals surface area contributed by atoms with Crippen LogP contribution in [0.4, 0.5) is 4.39 Å². The van der Waals surface area contributed by atoms with Crippen molar-refractivity contribution in [2.45, 2.75) is 39.3 Å². The number of nitrogens with zero attached hydrogens (tertiary/aromatic N) is 2. The third-order valence-corrected chi connectivity index (χ3v) is 4.92. The molecule has 1 fully saturated rings. The molecule has 8 heteroatoms. The van der Waals surface area contributed by atoms with Crippen molar-refractivity contribution in [2.24, 2.45) is 11.1 Å². The number of hydrogen-bond acceptors (Lipinski definition) is 4. The molecule has 2 amide bonds. The van der Waals surface area contributed by atoms with Gasteiger partial charge in [0.1, 0.15) is 35.1 Å². The average molecular weight is 396 g/mol. The highest BCUT2D eigenvalue weighted by atomic mass is 19.1. The van der Waals surface area contributed by atoms with E-state index in [4.69, 9.17) is 10.5 Å². The van der Waals surface area contributed by atoms with Crippen LogP contribution in [0.25, 0.3) is 11.4 Å². The zero-order valence-electron chi connectivity index (χ0n) is 16.2. The topological polar surface area (TPSA) is 99.2 Å². The van der Waals surface area contributed by atoms with Gasteiger partial charge in [0, 0.05) is 18.3 Å². The van der Waals surface area contributed by atoms with E-state index in [0.29, 0.717) is 30.3 Å². The van der Waals surface area contributed by atoms with Crippen molar-refractivity contribution in [3.63, 3.8) is 0 Å². The van der Waals surface area contributed by atoms with Gasteiger partial charge in [0.15, 0.2) is 0 Å². The maximum absolute atomic E-state index is 14.6. The molecule has 29 heavy (non-hydrogen) atoms. The van der Waals surface area contributed by atoms with Crippen LogP contribution >= 0.6 is 0 Å². The summed E-state index contributed by atoms with van der Waals surface area (Å²) in [4.78, 5) is 28.1. The van der Waals surface area contributed by atoms with Gasteiger partial charge in [0.05, 0.1) is 17.7 Å². The summed E-state index contributed by atoms with van der Waals surface area (Å²) in [6.07, 6.45) is 3.51. The van der Waals surface area contributed by atoms with E-state index >= 15 is 0 Å². The van der Waals surface area contributed by atoms with Crippen LogP contribution in [0.2, 0.25) is 0 Å². The standard InChI is InChI=1S/C21H21FN4O3/c1-21(2,20(28)24-13-3-4-13)6-5-12-9-14-17(10-15(12)22)29-8-7-26-11-16(18(23)27)25-19(14)26/h9-11,13H,3-4,7-8H2,1-2H3,(H2,23,27)(H,24,28). The summed E-state index contributed by atoms with van der Waals surface area (Å²) in [5.41, 5.74) is 5.14. The van der Waals surface area contributed by atoms with E-state index in [9.17, 15) is 14.0 Å². The molecule has 1 aliphatic heterocycles. The Morgan fingerprint density at radius 1 is 1.38 bits per heavy atom. The van der Waals surface area contributed by atoms with Crippen molar-refractivity contribution in [3.05, 3.63) is 35.4 Å². The number of aromatic nitrogens is 2. The summed E-state index contributed by atoms with van der Waals surface area (Å²) in [5, 5.41) is 2.92. The van der Waals surface area contributed by atoms with Gasteiger partial charge in [-0.05, 0) is 32.8 Å². The molecule has 2 aliphatic rings. The lowest BCUT2D eigenvalue weighted by Gasteiger charge is -2.16. The summed E-state index contributed by atoms with van der Waals surface area (Å²) < 4.78 is 22.0. The minimum absolute atomic E-state index is 0.122. The van der Waals surface area contributed by atoms with Crippen LogP contribution in [0.15, 0.2) is 18.3 Å². The Balaban J connectivity index is 1.71. The molecule has 0 atom stereocenters. The second-order valence-electron chi connectivity index (χ2n) is 7.81. The molecule has 1 aliphatic carbocycles. The van der Waals surface area contributed by atoms with Crippen LogP contribution in [-0.2, 0) is 11.3 Å². The lowest BCUT2D eigenvalue weighted by atomic mass is 9.92.